The minimum absolute atomic E-state index is 0.230. The lowest BCUT2D eigenvalue weighted by molar-refractivity contribution is -0.140. The number of rotatable bonds is 5. The molecule has 0 aliphatic heterocycles. The van der Waals surface area contributed by atoms with Gasteiger partial charge in [-0.05, 0) is 18.9 Å². The Morgan fingerprint density at radius 3 is 2.56 bits per heavy atom. The molecule has 0 unspecified atom stereocenters. The van der Waals surface area contributed by atoms with E-state index in [9.17, 15) is 4.79 Å². The first-order chi connectivity index (χ1) is 7.65. The zero-order chi connectivity index (χ0) is 12.0. The van der Waals surface area contributed by atoms with Crippen LogP contribution in [-0.2, 0) is 14.3 Å². The minimum Gasteiger partial charge on any atom is -0.460 e. The summed E-state index contributed by atoms with van der Waals surface area (Å²) in [6.07, 6.45) is 5.44. The lowest BCUT2D eigenvalue weighted by Gasteiger charge is -2.20. The van der Waals surface area contributed by atoms with Crippen LogP contribution in [0.4, 0.5) is 0 Å². The first kappa shape index (κ1) is 12.8. The Morgan fingerprint density at radius 1 is 1.31 bits per heavy atom. The van der Waals surface area contributed by atoms with E-state index in [1.165, 1.54) is 5.70 Å². The molecule has 1 rings (SSSR count). The standard InChI is InChI=1S/C12H19NO3/c1-13(2)11-6-4-10(5-7-11)12(14)16-9-8-15-3/h4,6H,5,7-9H2,1-3H3. The highest BCUT2D eigenvalue weighted by molar-refractivity contribution is 5.89. The fourth-order valence-corrected chi connectivity index (χ4v) is 1.48. The van der Waals surface area contributed by atoms with Crippen LogP contribution in [0.5, 0.6) is 0 Å². The lowest BCUT2D eigenvalue weighted by atomic mass is 10.0. The highest BCUT2D eigenvalue weighted by Gasteiger charge is 2.15. The number of carbonyl (C=O) groups excluding carboxylic acids is 1. The van der Waals surface area contributed by atoms with E-state index >= 15 is 0 Å². The van der Waals surface area contributed by atoms with E-state index in [-0.39, 0.29) is 5.97 Å². The smallest absolute Gasteiger partial charge is 0.334 e. The van der Waals surface area contributed by atoms with Crippen molar-refractivity contribution in [1.82, 2.24) is 4.90 Å². The van der Waals surface area contributed by atoms with Crippen molar-refractivity contribution in [1.29, 1.82) is 0 Å². The van der Waals surface area contributed by atoms with Gasteiger partial charge in [0.05, 0.1) is 6.61 Å². The molecule has 0 bridgehead atoms. The van der Waals surface area contributed by atoms with Gasteiger partial charge in [-0.1, -0.05) is 6.08 Å². The van der Waals surface area contributed by atoms with Crippen molar-refractivity contribution in [2.24, 2.45) is 0 Å². The van der Waals surface area contributed by atoms with Gasteiger partial charge in [0.2, 0.25) is 0 Å². The molecule has 0 amide bonds. The highest BCUT2D eigenvalue weighted by Crippen LogP contribution is 2.20. The molecule has 0 aromatic heterocycles. The quantitative estimate of drug-likeness (QED) is 0.523. The third-order valence-corrected chi connectivity index (χ3v) is 2.48. The Kier molecular flexibility index (Phi) is 5.05. The molecule has 0 fully saturated rings. The number of esters is 1. The molecule has 0 atom stereocenters. The van der Waals surface area contributed by atoms with Gasteiger partial charge in [-0.3, -0.25) is 0 Å². The molecule has 90 valence electrons. The largest absolute Gasteiger partial charge is 0.460 e. The van der Waals surface area contributed by atoms with E-state index in [1.807, 2.05) is 26.2 Å². The molecular weight excluding hydrogens is 206 g/mol. The van der Waals surface area contributed by atoms with E-state index in [0.29, 0.717) is 13.2 Å². The van der Waals surface area contributed by atoms with E-state index in [1.54, 1.807) is 7.11 Å². The molecule has 0 saturated heterocycles. The molecular formula is C12H19NO3. The van der Waals surface area contributed by atoms with Crippen LogP contribution in [0.25, 0.3) is 0 Å². The van der Waals surface area contributed by atoms with Crippen molar-refractivity contribution >= 4 is 5.97 Å². The van der Waals surface area contributed by atoms with Gasteiger partial charge in [-0.15, -0.1) is 0 Å². The van der Waals surface area contributed by atoms with E-state index in [0.717, 1.165) is 18.4 Å². The zero-order valence-corrected chi connectivity index (χ0v) is 10.2. The molecule has 0 saturated carbocycles. The third-order valence-electron chi connectivity index (χ3n) is 2.48. The van der Waals surface area contributed by atoms with Gasteiger partial charge >= 0.3 is 5.97 Å². The van der Waals surface area contributed by atoms with Crippen molar-refractivity contribution in [2.45, 2.75) is 12.8 Å². The molecule has 0 spiro atoms. The molecule has 0 aromatic carbocycles. The Bertz CT molecular complexity index is 305. The summed E-state index contributed by atoms with van der Waals surface area (Å²) in [7, 11) is 5.59. The summed E-state index contributed by atoms with van der Waals surface area (Å²) in [5.74, 6) is -0.230. The minimum atomic E-state index is -0.230. The van der Waals surface area contributed by atoms with Crippen molar-refractivity contribution in [3.05, 3.63) is 23.4 Å². The molecule has 0 heterocycles. The summed E-state index contributed by atoms with van der Waals surface area (Å²) in [6.45, 7) is 0.759. The summed E-state index contributed by atoms with van der Waals surface area (Å²) in [5.41, 5.74) is 1.97. The molecule has 0 aromatic rings. The first-order valence-corrected chi connectivity index (χ1v) is 5.38. The van der Waals surface area contributed by atoms with Gasteiger partial charge in [0, 0.05) is 32.5 Å². The van der Waals surface area contributed by atoms with E-state index in [4.69, 9.17) is 9.47 Å². The molecule has 1 aliphatic carbocycles. The summed E-state index contributed by atoms with van der Waals surface area (Å²) >= 11 is 0. The second-order valence-corrected chi connectivity index (χ2v) is 3.87. The SMILES string of the molecule is COCCOC(=O)C1=CC=C(N(C)C)CC1. The van der Waals surface area contributed by atoms with Crippen molar-refractivity contribution < 1.29 is 14.3 Å². The molecule has 0 radical (unpaired) electrons. The fourth-order valence-electron chi connectivity index (χ4n) is 1.48. The van der Waals surface area contributed by atoms with E-state index < -0.39 is 0 Å². The summed E-state index contributed by atoms with van der Waals surface area (Å²) in [6, 6.07) is 0. The van der Waals surface area contributed by atoms with Crippen LogP contribution >= 0.6 is 0 Å². The number of nitrogens with zero attached hydrogens (tertiary/aromatic N) is 1. The zero-order valence-electron chi connectivity index (χ0n) is 10.2. The number of allylic oxidation sites excluding steroid dienone is 3. The monoisotopic (exact) mass is 225 g/mol. The summed E-state index contributed by atoms with van der Waals surface area (Å²) in [4.78, 5) is 13.6. The topological polar surface area (TPSA) is 38.8 Å². The van der Waals surface area contributed by atoms with Crippen LogP contribution in [0, 0.1) is 0 Å². The maximum Gasteiger partial charge on any atom is 0.334 e. The van der Waals surface area contributed by atoms with Crippen LogP contribution in [0.1, 0.15) is 12.8 Å². The molecule has 0 N–H and O–H groups in total. The van der Waals surface area contributed by atoms with Gasteiger partial charge in [0.15, 0.2) is 0 Å². The van der Waals surface area contributed by atoms with Crippen LogP contribution in [0.2, 0.25) is 0 Å². The van der Waals surface area contributed by atoms with Gasteiger partial charge in [0.1, 0.15) is 6.61 Å². The van der Waals surface area contributed by atoms with Crippen molar-refractivity contribution in [3.8, 4) is 0 Å². The molecule has 4 nitrogen and oxygen atoms in total. The van der Waals surface area contributed by atoms with Crippen LogP contribution in [-0.4, -0.2) is 45.3 Å². The Balaban J connectivity index is 2.47. The number of ether oxygens (including phenoxy) is 2. The van der Waals surface area contributed by atoms with Crippen LogP contribution in [0.3, 0.4) is 0 Å². The van der Waals surface area contributed by atoms with Crippen molar-refractivity contribution in [3.63, 3.8) is 0 Å². The lowest BCUT2D eigenvalue weighted by Crippen LogP contribution is -2.17. The average Bonchev–Trinajstić information content (AvgIpc) is 2.29. The number of methoxy groups -OCH3 is 1. The number of hydrogen-bond donors (Lipinski definition) is 0. The molecule has 1 aliphatic rings. The number of hydrogen-bond acceptors (Lipinski definition) is 4. The maximum atomic E-state index is 11.6. The maximum absolute atomic E-state index is 11.6. The number of carbonyl (C=O) groups is 1. The predicted molar refractivity (Wildman–Crippen MR) is 61.9 cm³/mol. The van der Waals surface area contributed by atoms with Gasteiger partial charge in [-0.25, -0.2) is 4.79 Å². The van der Waals surface area contributed by atoms with Crippen LogP contribution in [0.15, 0.2) is 23.4 Å². The van der Waals surface area contributed by atoms with Gasteiger partial charge in [-0.2, -0.15) is 0 Å². The third kappa shape index (κ3) is 3.70. The van der Waals surface area contributed by atoms with Crippen molar-refractivity contribution in [2.75, 3.05) is 34.4 Å². The van der Waals surface area contributed by atoms with Crippen LogP contribution < -0.4 is 0 Å². The summed E-state index contributed by atoms with van der Waals surface area (Å²) in [5, 5.41) is 0. The predicted octanol–water partition coefficient (Wildman–Crippen LogP) is 1.34. The summed E-state index contributed by atoms with van der Waals surface area (Å²) < 4.78 is 9.86. The van der Waals surface area contributed by atoms with Gasteiger partial charge in [0.25, 0.3) is 0 Å². The normalized spacial score (nSPS) is 15.2. The second-order valence-electron chi connectivity index (χ2n) is 3.87. The molecule has 16 heavy (non-hydrogen) atoms. The fraction of sp³-hybridized carbons (Fsp3) is 0.583. The molecule has 4 heteroatoms. The Hall–Kier alpha value is -1.29. The highest BCUT2D eigenvalue weighted by atomic mass is 16.6. The Labute approximate surface area is 96.5 Å². The van der Waals surface area contributed by atoms with Gasteiger partial charge < -0.3 is 14.4 Å². The Morgan fingerprint density at radius 2 is 2.06 bits per heavy atom. The first-order valence-electron chi connectivity index (χ1n) is 5.38. The second kappa shape index (κ2) is 6.33. The average molecular weight is 225 g/mol. The van der Waals surface area contributed by atoms with E-state index in [2.05, 4.69) is 4.90 Å².